The summed E-state index contributed by atoms with van der Waals surface area (Å²) in [6.45, 7) is 2.04. The molecule has 2 amide bonds. The van der Waals surface area contributed by atoms with Gasteiger partial charge in [0.15, 0.2) is 0 Å². The molecule has 1 aromatic carbocycles. The van der Waals surface area contributed by atoms with Gasteiger partial charge in [-0.25, -0.2) is 4.98 Å². The zero-order chi connectivity index (χ0) is 18.4. The van der Waals surface area contributed by atoms with E-state index in [0.29, 0.717) is 35.2 Å². The minimum absolute atomic E-state index is 0. The third-order valence-corrected chi connectivity index (χ3v) is 4.30. The molecule has 1 aliphatic rings. The van der Waals surface area contributed by atoms with Crippen molar-refractivity contribution in [2.75, 3.05) is 18.4 Å². The summed E-state index contributed by atoms with van der Waals surface area (Å²) in [5, 5.41) is 6.14. The average molecular weight is 427 g/mol. The van der Waals surface area contributed by atoms with Gasteiger partial charge in [0.1, 0.15) is 5.75 Å². The standard InChI is InChI=1S/C19H22N4O3.2ClH/c20-19(25)14-2-1-3-16(10-14)26-18-7-5-15(12-22-18)23-17(24)6-4-13-8-9-21-11-13;;/h1-3,5,7,10,12-13,21H,4,6,8-9,11H2,(H2,20,25)(H,23,24);2*1H. The van der Waals surface area contributed by atoms with Gasteiger partial charge in [-0.15, -0.1) is 24.8 Å². The number of amides is 2. The highest BCUT2D eigenvalue weighted by atomic mass is 35.5. The van der Waals surface area contributed by atoms with Crippen molar-refractivity contribution in [1.29, 1.82) is 0 Å². The Balaban J connectivity index is 0.00000196. The lowest BCUT2D eigenvalue weighted by molar-refractivity contribution is -0.116. The predicted octanol–water partition coefficient (Wildman–Crippen LogP) is 3.14. The highest BCUT2D eigenvalue weighted by molar-refractivity contribution is 5.93. The summed E-state index contributed by atoms with van der Waals surface area (Å²) in [6.07, 6.45) is 4.08. The van der Waals surface area contributed by atoms with Crippen molar-refractivity contribution in [1.82, 2.24) is 10.3 Å². The average Bonchev–Trinajstić information content (AvgIpc) is 3.15. The Morgan fingerprint density at radius 2 is 2.07 bits per heavy atom. The van der Waals surface area contributed by atoms with Crippen LogP contribution in [0, 0.1) is 5.92 Å². The number of carbonyl (C=O) groups excluding carboxylic acids is 2. The molecule has 1 aromatic heterocycles. The number of pyridine rings is 1. The minimum Gasteiger partial charge on any atom is -0.439 e. The zero-order valence-electron chi connectivity index (χ0n) is 15.2. The maximum absolute atomic E-state index is 12.0. The van der Waals surface area contributed by atoms with Crippen LogP contribution in [0.15, 0.2) is 42.6 Å². The molecule has 0 spiro atoms. The zero-order valence-corrected chi connectivity index (χ0v) is 16.9. The van der Waals surface area contributed by atoms with E-state index in [1.165, 1.54) is 0 Å². The van der Waals surface area contributed by atoms with Crippen LogP contribution in [0.4, 0.5) is 5.69 Å². The topological polar surface area (TPSA) is 106 Å². The molecule has 2 heterocycles. The molecule has 2 aromatic rings. The molecule has 1 fully saturated rings. The second-order valence-corrected chi connectivity index (χ2v) is 6.32. The fraction of sp³-hybridized carbons (Fsp3) is 0.316. The van der Waals surface area contributed by atoms with Gasteiger partial charge in [-0.1, -0.05) is 6.07 Å². The van der Waals surface area contributed by atoms with E-state index in [4.69, 9.17) is 10.5 Å². The Bertz CT molecular complexity index is 781. The van der Waals surface area contributed by atoms with E-state index in [-0.39, 0.29) is 30.7 Å². The van der Waals surface area contributed by atoms with E-state index in [0.717, 1.165) is 25.9 Å². The number of halogens is 2. The molecule has 1 unspecified atom stereocenters. The van der Waals surface area contributed by atoms with Crippen LogP contribution in [-0.4, -0.2) is 29.9 Å². The Hall–Kier alpha value is -2.35. The largest absolute Gasteiger partial charge is 0.439 e. The first kappa shape index (κ1) is 23.7. The van der Waals surface area contributed by atoms with Gasteiger partial charge < -0.3 is 21.1 Å². The molecule has 1 saturated heterocycles. The number of nitrogens with one attached hydrogen (secondary N) is 2. The van der Waals surface area contributed by atoms with Gasteiger partial charge in [0, 0.05) is 18.1 Å². The Labute approximate surface area is 176 Å². The maximum atomic E-state index is 12.0. The summed E-state index contributed by atoms with van der Waals surface area (Å²) in [6, 6.07) is 9.95. The predicted molar refractivity (Wildman–Crippen MR) is 113 cm³/mol. The summed E-state index contributed by atoms with van der Waals surface area (Å²) in [5.41, 5.74) is 6.24. The van der Waals surface area contributed by atoms with E-state index >= 15 is 0 Å². The number of primary amides is 1. The lowest BCUT2D eigenvalue weighted by Crippen LogP contribution is -2.15. The third kappa shape index (κ3) is 6.99. The van der Waals surface area contributed by atoms with Crippen molar-refractivity contribution >= 4 is 42.3 Å². The Morgan fingerprint density at radius 3 is 2.71 bits per heavy atom. The van der Waals surface area contributed by atoms with Gasteiger partial charge in [-0.2, -0.15) is 0 Å². The minimum atomic E-state index is -0.519. The summed E-state index contributed by atoms with van der Waals surface area (Å²) in [4.78, 5) is 27.4. The summed E-state index contributed by atoms with van der Waals surface area (Å²) < 4.78 is 5.61. The molecule has 0 bridgehead atoms. The Morgan fingerprint density at radius 1 is 1.25 bits per heavy atom. The van der Waals surface area contributed by atoms with Crippen molar-refractivity contribution in [3.05, 3.63) is 48.2 Å². The number of ether oxygens (including phenoxy) is 1. The van der Waals surface area contributed by atoms with E-state index < -0.39 is 5.91 Å². The van der Waals surface area contributed by atoms with Gasteiger partial charge in [0.25, 0.3) is 0 Å². The van der Waals surface area contributed by atoms with Crippen molar-refractivity contribution in [3.63, 3.8) is 0 Å². The van der Waals surface area contributed by atoms with Crippen LogP contribution < -0.4 is 21.1 Å². The molecule has 152 valence electrons. The molecular weight excluding hydrogens is 403 g/mol. The van der Waals surface area contributed by atoms with E-state index in [2.05, 4.69) is 15.6 Å². The SMILES string of the molecule is Cl.Cl.NC(=O)c1cccc(Oc2ccc(NC(=O)CCC3CCNC3)cn2)c1. The second kappa shape index (κ2) is 11.5. The lowest BCUT2D eigenvalue weighted by atomic mass is 10.0. The molecule has 0 saturated carbocycles. The van der Waals surface area contributed by atoms with Crippen molar-refractivity contribution in [2.45, 2.75) is 19.3 Å². The van der Waals surface area contributed by atoms with Gasteiger partial charge >= 0.3 is 0 Å². The summed E-state index contributed by atoms with van der Waals surface area (Å²) in [7, 11) is 0. The number of carbonyl (C=O) groups is 2. The first-order valence-corrected chi connectivity index (χ1v) is 8.64. The monoisotopic (exact) mass is 426 g/mol. The fourth-order valence-corrected chi connectivity index (χ4v) is 2.87. The van der Waals surface area contributed by atoms with E-state index in [1.807, 2.05) is 0 Å². The molecule has 9 heteroatoms. The summed E-state index contributed by atoms with van der Waals surface area (Å²) in [5.74, 6) is 0.889. The number of hydrogen-bond acceptors (Lipinski definition) is 5. The highest BCUT2D eigenvalue weighted by Crippen LogP contribution is 2.22. The normalized spacial score (nSPS) is 15.1. The number of aromatic nitrogens is 1. The van der Waals surface area contributed by atoms with Gasteiger partial charge in [0.2, 0.25) is 17.7 Å². The summed E-state index contributed by atoms with van der Waals surface area (Å²) >= 11 is 0. The van der Waals surface area contributed by atoms with Gasteiger partial charge in [-0.05, 0) is 56.1 Å². The molecule has 0 aliphatic carbocycles. The van der Waals surface area contributed by atoms with Crippen LogP contribution in [0.2, 0.25) is 0 Å². The first-order valence-electron chi connectivity index (χ1n) is 8.64. The van der Waals surface area contributed by atoms with E-state index in [1.54, 1.807) is 42.6 Å². The highest BCUT2D eigenvalue weighted by Gasteiger charge is 2.15. The van der Waals surface area contributed by atoms with Crippen molar-refractivity contribution < 1.29 is 14.3 Å². The number of nitrogens with zero attached hydrogens (tertiary/aromatic N) is 1. The van der Waals surface area contributed by atoms with Gasteiger partial charge in [-0.3, -0.25) is 9.59 Å². The molecular formula is C19H24Cl2N4O3. The quantitative estimate of drug-likeness (QED) is 0.630. The first-order chi connectivity index (χ1) is 12.6. The number of anilines is 1. The van der Waals surface area contributed by atoms with Crippen LogP contribution in [0.1, 0.15) is 29.6 Å². The molecule has 28 heavy (non-hydrogen) atoms. The molecule has 4 N–H and O–H groups in total. The lowest BCUT2D eigenvalue weighted by Gasteiger charge is -2.09. The molecule has 7 nitrogen and oxygen atoms in total. The van der Waals surface area contributed by atoms with Crippen LogP contribution in [0.5, 0.6) is 11.6 Å². The molecule has 0 radical (unpaired) electrons. The number of nitrogens with two attached hydrogens (primary N) is 1. The van der Waals surface area contributed by atoms with Crippen molar-refractivity contribution in [3.8, 4) is 11.6 Å². The Kier molecular flexibility index (Phi) is 9.72. The van der Waals surface area contributed by atoms with Gasteiger partial charge in [0.05, 0.1) is 11.9 Å². The number of hydrogen-bond donors (Lipinski definition) is 3. The third-order valence-electron chi connectivity index (χ3n) is 4.30. The fourth-order valence-electron chi connectivity index (χ4n) is 2.87. The smallest absolute Gasteiger partial charge is 0.248 e. The van der Waals surface area contributed by atoms with Crippen LogP contribution in [0.3, 0.4) is 0 Å². The maximum Gasteiger partial charge on any atom is 0.248 e. The van der Waals surface area contributed by atoms with Crippen LogP contribution >= 0.6 is 24.8 Å². The number of rotatable bonds is 7. The van der Waals surface area contributed by atoms with Crippen LogP contribution in [0.25, 0.3) is 0 Å². The molecule has 1 aliphatic heterocycles. The molecule has 3 rings (SSSR count). The van der Waals surface area contributed by atoms with Crippen LogP contribution in [-0.2, 0) is 4.79 Å². The van der Waals surface area contributed by atoms with E-state index in [9.17, 15) is 9.59 Å². The van der Waals surface area contributed by atoms with Crippen molar-refractivity contribution in [2.24, 2.45) is 11.7 Å². The number of benzene rings is 1. The molecule has 1 atom stereocenters. The second-order valence-electron chi connectivity index (χ2n) is 6.32.